The molecule has 0 spiro atoms. The summed E-state index contributed by atoms with van der Waals surface area (Å²) in [5.74, 6) is 0.518. The van der Waals surface area contributed by atoms with Gasteiger partial charge in [-0.15, -0.1) is 11.8 Å². The topological polar surface area (TPSA) is 65.0 Å². The van der Waals surface area contributed by atoms with Crippen LogP contribution in [0.4, 0.5) is 5.69 Å². The predicted molar refractivity (Wildman–Crippen MR) is 116 cm³/mol. The number of rotatable bonds is 5. The third-order valence-corrected chi connectivity index (χ3v) is 6.89. The lowest BCUT2D eigenvalue weighted by atomic mass is 10.1. The number of carbonyl (C=O) groups excluding carboxylic acids is 1. The van der Waals surface area contributed by atoms with Gasteiger partial charge < -0.3 is 20.1 Å². The SMILES string of the molecule is COc1ccc([C@@H]2Sc3ccccc3N(CCN3CCNCC3)C(=O)[C@@H]2O)cc1. The molecule has 7 heteroatoms. The third kappa shape index (κ3) is 4.43. The Kier molecular flexibility index (Phi) is 6.40. The summed E-state index contributed by atoms with van der Waals surface area (Å²) in [5.41, 5.74) is 1.79. The second-order valence-electron chi connectivity index (χ2n) is 7.31. The van der Waals surface area contributed by atoms with E-state index in [0.29, 0.717) is 6.54 Å². The molecule has 2 aromatic rings. The summed E-state index contributed by atoms with van der Waals surface area (Å²) in [5, 5.41) is 14.0. The largest absolute Gasteiger partial charge is 0.497 e. The van der Waals surface area contributed by atoms with E-state index < -0.39 is 6.10 Å². The average Bonchev–Trinajstić information content (AvgIpc) is 2.88. The fourth-order valence-electron chi connectivity index (χ4n) is 3.84. The number of thioether (sulfide) groups is 1. The van der Waals surface area contributed by atoms with E-state index in [1.54, 1.807) is 23.8 Å². The maximum Gasteiger partial charge on any atom is 0.257 e. The van der Waals surface area contributed by atoms with Crippen LogP contribution in [-0.4, -0.2) is 68.4 Å². The number of hydrogen-bond donors (Lipinski definition) is 2. The Hall–Kier alpha value is -2.06. The van der Waals surface area contributed by atoms with Crippen molar-refractivity contribution in [3.63, 3.8) is 0 Å². The number of methoxy groups -OCH3 is 1. The van der Waals surface area contributed by atoms with Crippen LogP contribution in [-0.2, 0) is 4.79 Å². The van der Waals surface area contributed by atoms with E-state index in [-0.39, 0.29) is 11.2 Å². The highest BCUT2D eigenvalue weighted by atomic mass is 32.2. The quantitative estimate of drug-likeness (QED) is 0.783. The van der Waals surface area contributed by atoms with Gasteiger partial charge in [0.25, 0.3) is 5.91 Å². The van der Waals surface area contributed by atoms with Crippen LogP contribution in [0.25, 0.3) is 0 Å². The van der Waals surface area contributed by atoms with Gasteiger partial charge in [-0.2, -0.15) is 0 Å². The second kappa shape index (κ2) is 9.17. The number of ether oxygens (including phenoxy) is 1. The first-order chi connectivity index (χ1) is 14.2. The number of aliphatic hydroxyl groups is 1. The number of nitrogens with one attached hydrogen (secondary N) is 1. The Labute approximate surface area is 175 Å². The molecule has 2 atom stereocenters. The van der Waals surface area contributed by atoms with Crippen molar-refractivity contribution in [2.75, 3.05) is 51.3 Å². The molecule has 2 aromatic carbocycles. The number of para-hydroxylation sites is 1. The smallest absolute Gasteiger partial charge is 0.257 e. The molecular formula is C22H27N3O3S. The number of nitrogens with zero attached hydrogens (tertiary/aromatic N) is 2. The highest BCUT2D eigenvalue weighted by Gasteiger charge is 2.37. The van der Waals surface area contributed by atoms with Crippen molar-refractivity contribution in [2.45, 2.75) is 16.2 Å². The minimum Gasteiger partial charge on any atom is -0.497 e. The zero-order valence-corrected chi connectivity index (χ0v) is 17.4. The van der Waals surface area contributed by atoms with Crippen molar-refractivity contribution in [3.8, 4) is 5.75 Å². The molecule has 1 saturated heterocycles. The van der Waals surface area contributed by atoms with Gasteiger partial charge in [-0.3, -0.25) is 9.69 Å². The van der Waals surface area contributed by atoms with Crippen molar-refractivity contribution >= 4 is 23.4 Å². The van der Waals surface area contributed by atoms with Gasteiger partial charge in [0.15, 0.2) is 0 Å². The number of amides is 1. The van der Waals surface area contributed by atoms with E-state index in [9.17, 15) is 9.90 Å². The van der Waals surface area contributed by atoms with Crippen LogP contribution >= 0.6 is 11.8 Å². The van der Waals surface area contributed by atoms with Gasteiger partial charge in [-0.1, -0.05) is 24.3 Å². The highest BCUT2D eigenvalue weighted by molar-refractivity contribution is 7.99. The number of fused-ring (bicyclic) bond motifs is 1. The summed E-state index contributed by atoms with van der Waals surface area (Å²) < 4.78 is 5.24. The number of aliphatic hydroxyl groups excluding tert-OH is 1. The summed E-state index contributed by atoms with van der Waals surface area (Å²) in [6.45, 7) is 5.28. The molecule has 0 unspecified atom stereocenters. The summed E-state index contributed by atoms with van der Waals surface area (Å²) in [6, 6.07) is 15.5. The van der Waals surface area contributed by atoms with Gasteiger partial charge in [0.1, 0.15) is 11.9 Å². The lowest BCUT2D eigenvalue weighted by Crippen LogP contribution is -2.48. The molecule has 1 fully saturated rings. The van der Waals surface area contributed by atoms with Crippen molar-refractivity contribution in [1.29, 1.82) is 0 Å². The Morgan fingerprint density at radius 3 is 2.55 bits per heavy atom. The Morgan fingerprint density at radius 2 is 1.83 bits per heavy atom. The number of anilines is 1. The maximum absolute atomic E-state index is 13.3. The van der Waals surface area contributed by atoms with Gasteiger partial charge >= 0.3 is 0 Å². The fourth-order valence-corrected chi connectivity index (χ4v) is 5.11. The second-order valence-corrected chi connectivity index (χ2v) is 8.49. The van der Waals surface area contributed by atoms with Crippen molar-refractivity contribution in [1.82, 2.24) is 10.2 Å². The zero-order chi connectivity index (χ0) is 20.2. The monoisotopic (exact) mass is 413 g/mol. The third-order valence-electron chi connectivity index (χ3n) is 5.51. The minimum absolute atomic E-state index is 0.238. The molecular weight excluding hydrogens is 386 g/mol. The summed E-state index contributed by atoms with van der Waals surface area (Å²) in [4.78, 5) is 18.4. The van der Waals surface area contributed by atoms with Crippen LogP contribution in [0, 0.1) is 0 Å². The number of carbonyl (C=O) groups is 1. The van der Waals surface area contributed by atoms with Gasteiger partial charge in [0.05, 0.1) is 18.0 Å². The number of hydrogen-bond acceptors (Lipinski definition) is 6. The average molecular weight is 414 g/mol. The molecule has 2 heterocycles. The van der Waals surface area contributed by atoms with Crippen molar-refractivity contribution in [3.05, 3.63) is 54.1 Å². The molecule has 0 aliphatic carbocycles. The molecule has 2 N–H and O–H groups in total. The molecule has 1 amide bonds. The van der Waals surface area contributed by atoms with E-state index in [4.69, 9.17) is 4.74 Å². The van der Waals surface area contributed by atoms with Crippen LogP contribution in [0.15, 0.2) is 53.4 Å². The minimum atomic E-state index is -1.11. The van der Waals surface area contributed by atoms with Crippen molar-refractivity contribution in [2.24, 2.45) is 0 Å². The summed E-state index contributed by atoms with van der Waals surface area (Å²) >= 11 is 1.54. The molecule has 2 aliphatic heterocycles. The van der Waals surface area contributed by atoms with Crippen LogP contribution in [0.1, 0.15) is 10.8 Å². The number of piperazine rings is 1. The first-order valence-electron chi connectivity index (χ1n) is 9.99. The van der Waals surface area contributed by atoms with Crippen LogP contribution in [0.3, 0.4) is 0 Å². The molecule has 4 rings (SSSR count). The normalized spacial score (nSPS) is 22.8. The van der Waals surface area contributed by atoms with E-state index >= 15 is 0 Å². The first-order valence-corrected chi connectivity index (χ1v) is 10.9. The van der Waals surface area contributed by atoms with Crippen LogP contribution < -0.4 is 15.0 Å². The fraction of sp³-hybridized carbons (Fsp3) is 0.409. The molecule has 0 bridgehead atoms. The Balaban J connectivity index is 1.60. The van der Waals surface area contributed by atoms with Crippen LogP contribution in [0.2, 0.25) is 0 Å². The number of benzene rings is 2. The van der Waals surface area contributed by atoms with Gasteiger partial charge in [0, 0.05) is 44.2 Å². The highest BCUT2D eigenvalue weighted by Crippen LogP contribution is 2.45. The molecule has 0 aromatic heterocycles. The van der Waals surface area contributed by atoms with E-state index in [0.717, 1.165) is 54.6 Å². The van der Waals surface area contributed by atoms with Gasteiger partial charge in [-0.25, -0.2) is 0 Å². The van der Waals surface area contributed by atoms with E-state index in [2.05, 4.69) is 10.2 Å². The standard InChI is InChI=1S/C22H27N3O3S/c1-28-17-8-6-16(7-9-17)21-20(26)22(27)25(15-14-24-12-10-23-11-13-24)18-4-2-3-5-19(18)29-21/h2-9,20-21,23,26H,10-15H2,1H3/t20-,21+/m1/s1. The molecule has 0 radical (unpaired) electrons. The molecule has 2 aliphatic rings. The summed E-state index contributed by atoms with van der Waals surface area (Å²) in [7, 11) is 1.63. The van der Waals surface area contributed by atoms with E-state index in [1.165, 1.54) is 0 Å². The molecule has 0 saturated carbocycles. The molecule has 154 valence electrons. The lowest BCUT2D eigenvalue weighted by molar-refractivity contribution is -0.126. The maximum atomic E-state index is 13.3. The zero-order valence-electron chi connectivity index (χ0n) is 16.6. The molecule has 6 nitrogen and oxygen atoms in total. The van der Waals surface area contributed by atoms with Gasteiger partial charge in [0.2, 0.25) is 0 Å². The Bertz CT molecular complexity index is 839. The predicted octanol–water partition coefficient (Wildman–Crippen LogP) is 2.14. The van der Waals surface area contributed by atoms with Crippen LogP contribution in [0.5, 0.6) is 5.75 Å². The first kappa shape index (κ1) is 20.2. The molecule has 29 heavy (non-hydrogen) atoms. The lowest BCUT2D eigenvalue weighted by Gasteiger charge is -2.31. The van der Waals surface area contributed by atoms with E-state index in [1.807, 2.05) is 48.5 Å². The Morgan fingerprint density at radius 1 is 1.10 bits per heavy atom. The van der Waals surface area contributed by atoms with Gasteiger partial charge in [-0.05, 0) is 29.8 Å². The van der Waals surface area contributed by atoms with Crippen molar-refractivity contribution < 1.29 is 14.6 Å². The summed E-state index contributed by atoms with van der Waals surface area (Å²) in [6.07, 6.45) is -1.11.